The largest absolute Gasteiger partial charge is 0.294 e. The number of aryl methyl sites for hydroxylation is 1. The average Bonchev–Trinajstić information content (AvgIpc) is 2.94. The number of Topliss-reactive ketones (excluding diaryl/α,β-unsaturated/α-hetero) is 1. The van der Waals surface area contributed by atoms with Crippen molar-refractivity contribution in [2.45, 2.75) is 19.3 Å². The van der Waals surface area contributed by atoms with Gasteiger partial charge in [-0.15, -0.1) is 0 Å². The van der Waals surface area contributed by atoms with Crippen LogP contribution in [0.4, 0.5) is 0 Å². The number of aromatic nitrogens is 4. The van der Waals surface area contributed by atoms with Gasteiger partial charge in [0.2, 0.25) is 0 Å². The van der Waals surface area contributed by atoms with Gasteiger partial charge in [0.15, 0.2) is 5.78 Å². The number of benzene rings is 1. The molecule has 2 heterocycles. The monoisotopic (exact) mass is 298 g/mol. The first-order valence-electron chi connectivity index (χ1n) is 6.76. The van der Waals surface area contributed by atoms with Crippen LogP contribution in [0, 0.1) is 0 Å². The van der Waals surface area contributed by atoms with Gasteiger partial charge in [-0.05, 0) is 18.9 Å². The Morgan fingerprint density at radius 1 is 1.19 bits per heavy atom. The molecule has 0 radical (unpaired) electrons. The van der Waals surface area contributed by atoms with E-state index in [9.17, 15) is 4.79 Å². The van der Waals surface area contributed by atoms with Crippen molar-refractivity contribution in [1.29, 1.82) is 0 Å². The first-order valence-corrected chi connectivity index (χ1v) is 7.14. The normalized spacial score (nSPS) is 14.4. The number of hydrogen-bond donors (Lipinski definition) is 0. The molecule has 5 nitrogen and oxygen atoms in total. The Morgan fingerprint density at radius 2 is 2.05 bits per heavy atom. The van der Waals surface area contributed by atoms with Gasteiger partial charge in [-0.3, -0.25) is 4.79 Å². The highest BCUT2D eigenvalue weighted by Crippen LogP contribution is 2.34. The molecule has 0 saturated heterocycles. The highest BCUT2D eigenvalue weighted by atomic mass is 35.5. The van der Waals surface area contributed by atoms with Gasteiger partial charge in [-0.25, -0.2) is 4.98 Å². The van der Waals surface area contributed by atoms with E-state index in [0.717, 1.165) is 24.1 Å². The molecule has 21 heavy (non-hydrogen) atoms. The van der Waals surface area contributed by atoms with Crippen molar-refractivity contribution in [2.24, 2.45) is 0 Å². The fourth-order valence-corrected chi connectivity index (χ4v) is 3.03. The second-order valence-electron chi connectivity index (χ2n) is 5.01. The molecule has 0 aliphatic heterocycles. The van der Waals surface area contributed by atoms with Gasteiger partial charge in [0.25, 0.3) is 5.78 Å². The molecule has 2 aromatic heterocycles. The second-order valence-corrected chi connectivity index (χ2v) is 5.42. The molecule has 4 rings (SSSR count). The van der Waals surface area contributed by atoms with Crippen LogP contribution in [0.1, 0.15) is 28.9 Å². The zero-order chi connectivity index (χ0) is 14.4. The predicted molar refractivity (Wildman–Crippen MR) is 78.5 cm³/mol. The van der Waals surface area contributed by atoms with E-state index in [4.69, 9.17) is 11.6 Å². The van der Waals surface area contributed by atoms with E-state index in [1.807, 2.05) is 18.2 Å². The van der Waals surface area contributed by atoms with Crippen LogP contribution in [0.15, 0.2) is 30.6 Å². The molecule has 1 aliphatic rings. The summed E-state index contributed by atoms with van der Waals surface area (Å²) in [6.07, 6.45) is 3.58. The van der Waals surface area contributed by atoms with Crippen molar-refractivity contribution in [3.05, 3.63) is 46.9 Å². The summed E-state index contributed by atoms with van der Waals surface area (Å²) in [7, 11) is 0. The minimum atomic E-state index is 0.0936. The third-order valence-electron chi connectivity index (χ3n) is 3.73. The SMILES string of the molecule is O=C1CCCc2nc3ncnn3c(-c3ccccc3Cl)c21. The molecule has 1 aromatic carbocycles. The van der Waals surface area contributed by atoms with Crippen molar-refractivity contribution in [3.63, 3.8) is 0 Å². The third-order valence-corrected chi connectivity index (χ3v) is 4.06. The van der Waals surface area contributed by atoms with Gasteiger partial charge in [-0.1, -0.05) is 29.8 Å². The Labute approximate surface area is 125 Å². The first-order chi connectivity index (χ1) is 10.3. The van der Waals surface area contributed by atoms with Crippen LogP contribution in [0.25, 0.3) is 17.0 Å². The van der Waals surface area contributed by atoms with E-state index >= 15 is 0 Å². The Kier molecular flexibility index (Phi) is 2.75. The maximum atomic E-state index is 12.4. The van der Waals surface area contributed by atoms with Crippen molar-refractivity contribution in [2.75, 3.05) is 0 Å². The quantitative estimate of drug-likeness (QED) is 0.693. The van der Waals surface area contributed by atoms with Crippen LogP contribution in [-0.4, -0.2) is 25.4 Å². The molecule has 0 fully saturated rings. The van der Waals surface area contributed by atoms with Crippen LogP contribution < -0.4 is 0 Å². The molecule has 0 spiro atoms. The summed E-state index contributed by atoms with van der Waals surface area (Å²) in [5, 5.41) is 4.80. The summed E-state index contributed by atoms with van der Waals surface area (Å²) in [5.74, 6) is 0.592. The molecule has 0 bridgehead atoms. The molecule has 1 aliphatic carbocycles. The molecular weight excluding hydrogens is 288 g/mol. The van der Waals surface area contributed by atoms with Gasteiger partial charge in [0.1, 0.15) is 6.33 Å². The minimum absolute atomic E-state index is 0.0936. The lowest BCUT2D eigenvalue weighted by Gasteiger charge is -2.18. The fourth-order valence-electron chi connectivity index (χ4n) is 2.81. The van der Waals surface area contributed by atoms with Gasteiger partial charge in [0, 0.05) is 17.0 Å². The lowest BCUT2D eigenvalue weighted by molar-refractivity contribution is 0.0972. The first kappa shape index (κ1) is 12.5. The number of hydrogen-bond acceptors (Lipinski definition) is 4. The summed E-state index contributed by atoms with van der Waals surface area (Å²) in [6.45, 7) is 0. The lowest BCUT2D eigenvalue weighted by Crippen LogP contribution is -2.17. The number of ketones is 1. The van der Waals surface area contributed by atoms with Crippen molar-refractivity contribution < 1.29 is 4.79 Å². The van der Waals surface area contributed by atoms with Crippen molar-refractivity contribution in [1.82, 2.24) is 19.6 Å². The smallest absolute Gasteiger partial charge is 0.252 e. The Balaban J connectivity index is 2.16. The lowest BCUT2D eigenvalue weighted by atomic mass is 9.91. The standard InChI is InChI=1S/C15H11ClN4O/c16-10-5-2-1-4-9(10)14-13-11(6-3-7-12(13)21)19-15-17-8-18-20(14)15/h1-2,4-5,8H,3,6-7H2. The van der Waals surface area contributed by atoms with Crippen LogP contribution in [0.2, 0.25) is 5.02 Å². The van der Waals surface area contributed by atoms with Gasteiger partial charge in [0.05, 0.1) is 17.0 Å². The summed E-state index contributed by atoms with van der Waals surface area (Å²) in [4.78, 5) is 21.0. The van der Waals surface area contributed by atoms with E-state index in [2.05, 4.69) is 15.1 Å². The van der Waals surface area contributed by atoms with E-state index < -0.39 is 0 Å². The predicted octanol–water partition coefficient (Wildman–Crippen LogP) is 2.96. The maximum absolute atomic E-state index is 12.4. The molecule has 0 amide bonds. The van der Waals surface area contributed by atoms with Gasteiger partial charge >= 0.3 is 0 Å². The molecule has 0 atom stereocenters. The zero-order valence-electron chi connectivity index (χ0n) is 11.1. The number of rotatable bonds is 1. The van der Waals surface area contributed by atoms with E-state index in [1.165, 1.54) is 6.33 Å². The van der Waals surface area contributed by atoms with Crippen LogP contribution in [-0.2, 0) is 6.42 Å². The number of halogens is 1. The molecule has 104 valence electrons. The highest BCUT2D eigenvalue weighted by Gasteiger charge is 2.27. The Hall–Kier alpha value is -2.27. The molecule has 0 saturated carbocycles. The zero-order valence-corrected chi connectivity index (χ0v) is 11.8. The summed E-state index contributed by atoms with van der Waals surface area (Å²) >= 11 is 6.32. The topological polar surface area (TPSA) is 60.2 Å². The highest BCUT2D eigenvalue weighted by molar-refractivity contribution is 6.33. The van der Waals surface area contributed by atoms with Crippen LogP contribution in [0.3, 0.4) is 0 Å². The number of nitrogens with zero attached hydrogens (tertiary/aromatic N) is 4. The van der Waals surface area contributed by atoms with Crippen molar-refractivity contribution in [3.8, 4) is 11.3 Å². The summed E-state index contributed by atoms with van der Waals surface area (Å²) in [5.41, 5.74) is 2.90. The Morgan fingerprint density at radius 3 is 2.90 bits per heavy atom. The van der Waals surface area contributed by atoms with Crippen LogP contribution >= 0.6 is 11.6 Å². The summed E-state index contributed by atoms with van der Waals surface area (Å²) in [6, 6.07) is 7.45. The second kappa shape index (κ2) is 4.63. The van der Waals surface area contributed by atoms with Gasteiger partial charge < -0.3 is 0 Å². The van der Waals surface area contributed by atoms with Gasteiger partial charge in [-0.2, -0.15) is 14.6 Å². The third kappa shape index (κ3) is 1.85. The van der Waals surface area contributed by atoms with E-state index in [1.54, 1.807) is 10.6 Å². The van der Waals surface area contributed by atoms with E-state index in [-0.39, 0.29) is 5.78 Å². The molecule has 0 N–H and O–H groups in total. The summed E-state index contributed by atoms with van der Waals surface area (Å²) < 4.78 is 1.60. The Bertz CT molecular complexity index is 871. The van der Waals surface area contributed by atoms with Crippen LogP contribution in [0.5, 0.6) is 0 Å². The van der Waals surface area contributed by atoms with E-state index in [0.29, 0.717) is 28.5 Å². The number of carbonyl (C=O) groups is 1. The maximum Gasteiger partial charge on any atom is 0.252 e. The minimum Gasteiger partial charge on any atom is -0.294 e. The molecule has 0 unspecified atom stereocenters. The number of fused-ring (bicyclic) bond motifs is 2. The van der Waals surface area contributed by atoms with Crippen molar-refractivity contribution >= 4 is 23.2 Å². The molecular formula is C15H11ClN4O. The average molecular weight is 299 g/mol. The number of carbonyl (C=O) groups excluding carboxylic acids is 1. The molecule has 6 heteroatoms. The fraction of sp³-hybridized carbons (Fsp3) is 0.200. The molecule has 3 aromatic rings.